The number of aromatic nitrogens is 4. The molecule has 8 rings (SSSR count). The molecule has 258 valence electrons. The van der Waals surface area contributed by atoms with Crippen LogP contribution in [-0.4, -0.2) is 87.8 Å². The number of piperazine rings is 1. The number of ether oxygens (including phenoxy) is 2. The van der Waals surface area contributed by atoms with E-state index in [4.69, 9.17) is 24.4 Å². The Bertz CT molecular complexity index is 2230. The highest BCUT2D eigenvalue weighted by molar-refractivity contribution is 5.93. The number of hydrogen-bond acceptors (Lipinski definition) is 9. The molecule has 1 amide bonds. The lowest BCUT2D eigenvalue weighted by Crippen LogP contribution is -2.49. The van der Waals surface area contributed by atoms with Crippen LogP contribution in [0.15, 0.2) is 108 Å². The van der Waals surface area contributed by atoms with Crippen LogP contribution in [0, 0.1) is 0 Å². The maximum Gasteiger partial charge on any atom is 0.410 e. The molecule has 11 heteroatoms. The number of likely N-dealkylation sites (tertiary alicyclic amines) is 1. The van der Waals surface area contributed by atoms with Gasteiger partial charge in [-0.25, -0.2) is 9.78 Å². The van der Waals surface area contributed by atoms with Gasteiger partial charge in [0.1, 0.15) is 24.6 Å². The van der Waals surface area contributed by atoms with Crippen molar-refractivity contribution in [2.24, 2.45) is 0 Å². The van der Waals surface area contributed by atoms with E-state index in [2.05, 4.69) is 16.8 Å². The van der Waals surface area contributed by atoms with Crippen LogP contribution < -0.4 is 15.2 Å². The standard InChI is InChI=1S/C40H39N7O4/c1-44-21-11-18-31(44)27-50-39-42-35-34(37(43-39)45-22-24-46(25-23-45)40(49)51-26-28-12-4-2-5-13-28)41-36(30-15-6-3-7-16-30)47(38(35)48)33-20-10-17-29-14-8-9-19-32(29)33/h2-10,12-17,19-20,31H,11,18,21-27H2,1H3. The van der Waals surface area contributed by atoms with E-state index in [0.717, 1.165) is 41.3 Å². The van der Waals surface area contributed by atoms with Crippen molar-refractivity contribution >= 4 is 33.7 Å². The molecule has 0 radical (unpaired) electrons. The summed E-state index contributed by atoms with van der Waals surface area (Å²) >= 11 is 0. The third-order valence-electron chi connectivity index (χ3n) is 9.84. The van der Waals surface area contributed by atoms with E-state index in [1.54, 1.807) is 9.47 Å². The minimum absolute atomic E-state index is 0.137. The summed E-state index contributed by atoms with van der Waals surface area (Å²) in [4.78, 5) is 48.8. The Morgan fingerprint density at radius 2 is 1.51 bits per heavy atom. The Hall–Kier alpha value is -5.81. The summed E-state index contributed by atoms with van der Waals surface area (Å²) in [5.74, 6) is 0.991. The van der Waals surface area contributed by atoms with Crippen LogP contribution in [0.4, 0.5) is 10.6 Å². The molecule has 4 heterocycles. The molecule has 0 aliphatic carbocycles. The van der Waals surface area contributed by atoms with Crippen molar-refractivity contribution in [3.05, 3.63) is 119 Å². The number of carbonyl (C=O) groups is 1. The number of amides is 1. The second-order valence-electron chi connectivity index (χ2n) is 13.1. The van der Waals surface area contributed by atoms with Crippen molar-refractivity contribution in [1.29, 1.82) is 0 Å². The number of likely N-dealkylation sites (N-methyl/N-ethyl adjacent to an activating group) is 1. The van der Waals surface area contributed by atoms with Crippen LogP contribution in [0.1, 0.15) is 18.4 Å². The Morgan fingerprint density at radius 3 is 2.27 bits per heavy atom. The summed E-state index contributed by atoms with van der Waals surface area (Å²) in [6, 6.07) is 33.6. The molecule has 2 fully saturated rings. The van der Waals surface area contributed by atoms with E-state index < -0.39 is 0 Å². The number of nitrogens with zero attached hydrogens (tertiary/aromatic N) is 7. The van der Waals surface area contributed by atoms with E-state index >= 15 is 0 Å². The number of carbonyl (C=O) groups excluding carboxylic acids is 1. The van der Waals surface area contributed by atoms with Gasteiger partial charge in [0.25, 0.3) is 5.56 Å². The topological polar surface area (TPSA) is 106 Å². The molecule has 0 bridgehead atoms. The van der Waals surface area contributed by atoms with Crippen LogP contribution >= 0.6 is 0 Å². The first-order valence-electron chi connectivity index (χ1n) is 17.5. The maximum absolute atomic E-state index is 14.9. The third-order valence-corrected chi connectivity index (χ3v) is 9.84. The normalized spacial score (nSPS) is 16.5. The predicted octanol–water partition coefficient (Wildman–Crippen LogP) is 5.93. The minimum Gasteiger partial charge on any atom is -0.462 e. The second-order valence-corrected chi connectivity index (χ2v) is 13.1. The van der Waals surface area contributed by atoms with Gasteiger partial charge in [-0.1, -0.05) is 97.1 Å². The van der Waals surface area contributed by atoms with Crippen molar-refractivity contribution in [2.75, 3.05) is 51.3 Å². The smallest absolute Gasteiger partial charge is 0.410 e. The van der Waals surface area contributed by atoms with E-state index in [-0.39, 0.29) is 35.8 Å². The van der Waals surface area contributed by atoms with E-state index in [1.807, 2.05) is 103 Å². The van der Waals surface area contributed by atoms with Gasteiger partial charge in [0.05, 0.1) is 5.69 Å². The molecule has 2 saturated heterocycles. The third kappa shape index (κ3) is 6.60. The highest BCUT2D eigenvalue weighted by Crippen LogP contribution is 2.31. The highest BCUT2D eigenvalue weighted by atomic mass is 16.6. The monoisotopic (exact) mass is 681 g/mol. The average molecular weight is 682 g/mol. The number of rotatable bonds is 8. The first kappa shape index (κ1) is 32.4. The van der Waals surface area contributed by atoms with Gasteiger partial charge in [-0.3, -0.25) is 9.36 Å². The Morgan fingerprint density at radius 1 is 0.784 bits per heavy atom. The van der Waals surface area contributed by atoms with Crippen molar-refractivity contribution in [2.45, 2.75) is 25.5 Å². The van der Waals surface area contributed by atoms with Gasteiger partial charge in [0.2, 0.25) is 0 Å². The number of hydrogen-bond donors (Lipinski definition) is 0. The zero-order valence-corrected chi connectivity index (χ0v) is 28.5. The SMILES string of the molecule is CN1CCCC1COc1nc(N2CCN(C(=O)OCc3ccccc3)CC2)c2nc(-c3ccccc3)n(-c3cccc4ccccc34)c(=O)c2n1. The number of fused-ring (bicyclic) bond motifs is 2. The lowest BCUT2D eigenvalue weighted by atomic mass is 10.1. The molecular weight excluding hydrogens is 642 g/mol. The fourth-order valence-electron chi connectivity index (χ4n) is 7.00. The van der Waals surface area contributed by atoms with Gasteiger partial charge in [-0.2, -0.15) is 9.97 Å². The van der Waals surface area contributed by atoms with Crippen molar-refractivity contribution in [3.8, 4) is 23.1 Å². The number of benzene rings is 4. The molecule has 2 aromatic heterocycles. The maximum atomic E-state index is 14.9. The fraction of sp³-hybridized carbons (Fsp3) is 0.275. The molecule has 1 atom stereocenters. The predicted molar refractivity (Wildman–Crippen MR) is 197 cm³/mol. The second kappa shape index (κ2) is 14.2. The van der Waals surface area contributed by atoms with E-state index in [9.17, 15) is 9.59 Å². The highest BCUT2D eigenvalue weighted by Gasteiger charge is 2.29. The Balaban J connectivity index is 1.20. The van der Waals surface area contributed by atoms with E-state index in [0.29, 0.717) is 55.6 Å². The zero-order chi connectivity index (χ0) is 34.7. The summed E-state index contributed by atoms with van der Waals surface area (Å²) in [6.07, 6.45) is 1.77. The molecule has 6 aromatic rings. The molecule has 11 nitrogen and oxygen atoms in total. The van der Waals surface area contributed by atoms with Gasteiger partial charge >= 0.3 is 12.1 Å². The van der Waals surface area contributed by atoms with E-state index in [1.165, 1.54) is 0 Å². The minimum atomic E-state index is -0.363. The molecule has 4 aromatic carbocycles. The summed E-state index contributed by atoms with van der Waals surface area (Å²) in [6.45, 7) is 3.40. The van der Waals surface area contributed by atoms with Crippen LogP contribution in [-0.2, 0) is 11.3 Å². The quantitative estimate of drug-likeness (QED) is 0.193. The lowest BCUT2D eigenvalue weighted by Gasteiger charge is -2.35. The Labute approximate surface area is 295 Å². The van der Waals surface area contributed by atoms with Crippen LogP contribution in [0.25, 0.3) is 38.9 Å². The van der Waals surface area contributed by atoms with Crippen molar-refractivity contribution in [3.63, 3.8) is 0 Å². The molecule has 0 saturated carbocycles. The summed E-state index contributed by atoms with van der Waals surface area (Å²) < 4.78 is 13.5. The molecule has 51 heavy (non-hydrogen) atoms. The molecule has 2 aliphatic heterocycles. The van der Waals surface area contributed by atoms with Gasteiger partial charge in [-0.05, 0) is 43.5 Å². The van der Waals surface area contributed by atoms with Gasteiger partial charge in [0.15, 0.2) is 11.3 Å². The first-order valence-corrected chi connectivity index (χ1v) is 17.5. The lowest BCUT2D eigenvalue weighted by molar-refractivity contribution is 0.0941. The van der Waals surface area contributed by atoms with Crippen LogP contribution in [0.5, 0.6) is 6.01 Å². The molecule has 0 spiro atoms. The molecule has 1 unspecified atom stereocenters. The number of anilines is 1. The van der Waals surface area contributed by atoms with Gasteiger partial charge in [-0.15, -0.1) is 0 Å². The van der Waals surface area contributed by atoms with Crippen LogP contribution in [0.3, 0.4) is 0 Å². The van der Waals surface area contributed by atoms with Gasteiger partial charge < -0.3 is 24.2 Å². The van der Waals surface area contributed by atoms with Crippen molar-refractivity contribution in [1.82, 2.24) is 29.3 Å². The van der Waals surface area contributed by atoms with Gasteiger partial charge in [0, 0.05) is 43.2 Å². The Kier molecular flexibility index (Phi) is 9.02. The summed E-state index contributed by atoms with van der Waals surface area (Å²) in [5, 5.41) is 1.93. The summed E-state index contributed by atoms with van der Waals surface area (Å²) in [7, 11) is 2.09. The summed E-state index contributed by atoms with van der Waals surface area (Å²) in [5.41, 5.74) is 2.68. The van der Waals surface area contributed by atoms with Crippen LogP contribution in [0.2, 0.25) is 0 Å². The zero-order valence-electron chi connectivity index (χ0n) is 28.5. The molecular formula is C40H39N7O4. The van der Waals surface area contributed by atoms with Crippen molar-refractivity contribution < 1.29 is 14.3 Å². The average Bonchev–Trinajstić information content (AvgIpc) is 3.60. The molecule has 2 aliphatic rings. The molecule has 0 N–H and O–H groups in total. The largest absolute Gasteiger partial charge is 0.462 e. The fourth-order valence-corrected chi connectivity index (χ4v) is 7.00. The first-order chi connectivity index (χ1) is 25.0.